The van der Waals surface area contributed by atoms with Crippen molar-refractivity contribution in [1.82, 2.24) is 9.88 Å². The lowest BCUT2D eigenvalue weighted by molar-refractivity contribution is -0.0543. The van der Waals surface area contributed by atoms with Gasteiger partial charge in [-0.05, 0) is 70.1 Å². The molecule has 1 N–H and O–H groups in total. The molecule has 0 radical (unpaired) electrons. The fourth-order valence-electron chi connectivity index (χ4n) is 6.01. The molecule has 11 heteroatoms. The number of hydrogen-bond acceptors (Lipinski definition) is 7. The monoisotopic (exact) mass is 731 g/mol. The van der Waals surface area contributed by atoms with E-state index < -0.39 is 11.9 Å². The second kappa shape index (κ2) is 15.3. The van der Waals surface area contributed by atoms with E-state index in [1.807, 2.05) is 78.9 Å². The second-order valence-electron chi connectivity index (χ2n) is 12.0. The highest BCUT2D eigenvalue weighted by Crippen LogP contribution is 2.29. The molecule has 0 saturated carbocycles. The normalized spacial score (nSPS) is 12.8. The molecule has 1 aliphatic rings. The highest BCUT2D eigenvalue weighted by atomic mass is 35.5. The van der Waals surface area contributed by atoms with Crippen LogP contribution in [0.2, 0.25) is 10.0 Å². The summed E-state index contributed by atoms with van der Waals surface area (Å²) in [5.41, 5.74) is 2.16. The third kappa shape index (κ3) is 7.54. The maximum absolute atomic E-state index is 13.0. The zero-order chi connectivity index (χ0) is 36.2. The van der Waals surface area contributed by atoms with Gasteiger partial charge in [-0.1, -0.05) is 96.0 Å². The number of rotatable bonds is 6. The standard InChI is InChI=1S/C23H21ClN2O4.C18H10ClNO2/c1-26(14-21-29-11-12-30-21)23(28)19-13-16(24)9-10-20(19)25-22(27)18-8-4-6-15-5-2-3-7-17(15)18;19-12-8-9-16-15(10-12)18(21)22-17(20-16)14-7-3-5-11-4-1-2-6-13(11)14/h2-10,13,21H,11-12,14H2,1H3,(H,25,27);1-10H. The molecule has 9 nitrogen and oxygen atoms in total. The number of nitrogens with one attached hydrogen (secondary N) is 1. The van der Waals surface area contributed by atoms with Crippen LogP contribution in [0.4, 0.5) is 5.69 Å². The van der Waals surface area contributed by atoms with Crippen LogP contribution in [0.25, 0.3) is 43.9 Å². The van der Waals surface area contributed by atoms with Gasteiger partial charge in [0.05, 0.1) is 41.9 Å². The first-order valence-corrected chi connectivity index (χ1v) is 17.2. The van der Waals surface area contributed by atoms with Crippen LogP contribution in [0, 0.1) is 0 Å². The number of halogens is 2. The highest BCUT2D eigenvalue weighted by molar-refractivity contribution is 6.31. The van der Waals surface area contributed by atoms with Crippen molar-refractivity contribution in [2.75, 3.05) is 32.1 Å². The average molecular weight is 733 g/mol. The molecule has 0 aliphatic carbocycles. The molecule has 1 saturated heterocycles. The first-order valence-electron chi connectivity index (χ1n) is 16.4. The Kier molecular flexibility index (Phi) is 10.3. The van der Waals surface area contributed by atoms with E-state index in [1.54, 1.807) is 49.5 Å². The lowest BCUT2D eigenvalue weighted by Gasteiger charge is -2.22. The third-order valence-corrected chi connectivity index (χ3v) is 9.04. The van der Waals surface area contributed by atoms with Gasteiger partial charge in [0, 0.05) is 28.2 Å². The number of carbonyl (C=O) groups excluding carboxylic acids is 2. The topological polar surface area (TPSA) is 111 Å². The summed E-state index contributed by atoms with van der Waals surface area (Å²) in [6, 6.07) is 36.8. The number of ether oxygens (including phenoxy) is 2. The second-order valence-corrected chi connectivity index (χ2v) is 12.9. The SMILES string of the molecule is CN(CC1OCCO1)C(=O)c1cc(Cl)ccc1NC(=O)c1cccc2ccccc12.O=c1oc(-c2cccc3ccccc23)nc2ccc(Cl)cc12. The van der Waals surface area contributed by atoms with Crippen molar-refractivity contribution in [3.8, 4) is 11.5 Å². The molecule has 1 aromatic heterocycles. The summed E-state index contributed by atoms with van der Waals surface area (Å²) in [6.45, 7) is 1.30. The van der Waals surface area contributed by atoms with Crippen molar-refractivity contribution in [1.29, 1.82) is 0 Å². The van der Waals surface area contributed by atoms with Gasteiger partial charge in [-0.25, -0.2) is 9.78 Å². The molecule has 7 aromatic rings. The summed E-state index contributed by atoms with van der Waals surface area (Å²) in [5.74, 6) is -0.269. The predicted octanol–water partition coefficient (Wildman–Crippen LogP) is 8.85. The number of amides is 2. The van der Waals surface area contributed by atoms with Gasteiger partial charge < -0.3 is 24.1 Å². The number of nitrogens with zero attached hydrogens (tertiary/aromatic N) is 2. The van der Waals surface area contributed by atoms with Crippen molar-refractivity contribution < 1.29 is 23.5 Å². The van der Waals surface area contributed by atoms with Crippen LogP contribution in [0.1, 0.15) is 20.7 Å². The van der Waals surface area contributed by atoms with Gasteiger partial charge in [0.25, 0.3) is 11.8 Å². The molecule has 1 fully saturated rings. The first kappa shape index (κ1) is 34.9. The zero-order valence-corrected chi connectivity index (χ0v) is 29.4. The number of anilines is 1. The minimum atomic E-state index is -0.452. The Morgan fingerprint density at radius 3 is 2.15 bits per heavy atom. The number of aromatic nitrogens is 1. The maximum atomic E-state index is 13.0. The van der Waals surface area contributed by atoms with Gasteiger partial charge in [-0.3, -0.25) is 9.59 Å². The minimum Gasteiger partial charge on any atom is -0.403 e. The summed E-state index contributed by atoms with van der Waals surface area (Å²) >= 11 is 12.1. The van der Waals surface area contributed by atoms with Crippen molar-refractivity contribution in [2.45, 2.75) is 6.29 Å². The fourth-order valence-corrected chi connectivity index (χ4v) is 6.36. The lowest BCUT2D eigenvalue weighted by Crippen LogP contribution is -2.35. The average Bonchev–Trinajstić information content (AvgIpc) is 3.68. The number of hydrogen-bond donors (Lipinski definition) is 1. The molecule has 0 atom stereocenters. The number of carbonyl (C=O) groups is 2. The zero-order valence-electron chi connectivity index (χ0n) is 27.8. The van der Waals surface area contributed by atoms with Crippen molar-refractivity contribution >= 4 is 73.2 Å². The van der Waals surface area contributed by atoms with E-state index in [0.29, 0.717) is 56.9 Å². The quantitative estimate of drug-likeness (QED) is 0.182. The Hall–Kier alpha value is -5.58. The number of benzene rings is 6. The van der Waals surface area contributed by atoms with Crippen molar-refractivity contribution in [2.24, 2.45) is 0 Å². The maximum Gasteiger partial charge on any atom is 0.347 e. The summed E-state index contributed by atoms with van der Waals surface area (Å²) in [6.07, 6.45) is -0.452. The first-order chi connectivity index (χ1) is 25.2. The Bertz CT molecular complexity index is 2500. The van der Waals surface area contributed by atoms with E-state index in [9.17, 15) is 14.4 Å². The summed E-state index contributed by atoms with van der Waals surface area (Å²) in [7, 11) is 1.66. The van der Waals surface area contributed by atoms with E-state index in [4.69, 9.17) is 37.1 Å². The van der Waals surface area contributed by atoms with Crippen molar-refractivity contribution in [3.05, 3.63) is 153 Å². The largest absolute Gasteiger partial charge is 0.403 e. The molecule has 6 aromatic carbocycles. The minimum absolute atomic E-state index is 0.280. The van der Waals surface area contributed by atoms with Crippen LogP contribution in [-0.4, -0.2) is 54.8 Å². The van der Waals surface area contributed by atoms with Crippen LogP contribution < -0.4 is 10.9 Å². The van der Waals surface area contributed by atoms with E-state index in [-0.39, 0.29) is 18.4 Å². The van der Waals surface area contributed by atoms with Crippen LogP contribution >= 0.6 is 23.2 Å². The molecule has 2 heterocycles. The molecule has 8 rings (SSSR count). The summed E-state index contributed by atoms with van der Waals surface area (Å²) in [5, 5.41) is 8.02. The molecule has 0 bridgehead atoms. The van der Waals surface area contributed by atoms with Crippen molar-refractivity contribution in [3.63, 3.8) is 0 Å². The van der Waals surface area contributed by atoms with E-state index >= 15 is 0 Å². The Labute approximate surface area is 308 Å². The fraction of sp³-hybridized carbons (Fsp3) is 0.122. The molecular formula is C41H31Cl2N3O6. The lowest BCUT2D eigenvalue weighted by atomic mass is 10.0. The third-order valence-electron chi connectivity index (χ3n) is 8.56. The van der Waals surface area contributed by atoms with Crippen LogP contribution in [0.5, 0.6) is 0 Å². The smallest absolute Gasteiger partial charge is 0.347 e. The Morgan fingerprint density at radius 1 is 0.750 bits per heavy atom. The molecule has 1 aliphatic heterocycles. The molecule has 0 spiro atoms. The van der Waals surface area contributed by atoms with Crippen LogP contribution in [-0.2, 0) is 9.47 Å². The van der Waals surface area contributed by atoms with E-state index in [2.05, 4.69) is 10.3 Å². The number of fused-ring (bicyclic) bond motifs is 3. The Morgan fingerprint density at radius 2 is 1.38 bits per heavy atom. The highest BCUT2D eigenvalue weighted by Gasteiger charge is 2.24. The van der Waals surface area contributed by atoms with Crippen LogP contribution in [0.3, 0.4) is 0 Å². The van der Waals surface area contributed by atoms with E-state index in [0.717, 1.165) is 27.1 Å². The molecule has 52 heavy (non-hydrogen) atoms. The van der Waals surface area contributed by atoms with Gasteiger partial charge >= 0.3 is 5.63 Å². The predicted molar refractivity (Wildman–Crippen MR) is 204 cm³/mol. The molecule has 0 unspecified atom stereocenters. The van der Waals surface area contributed by atoms with Gasteiger partial charge in [0.15, 0.2) is 6.29 Å². The Balaban J connectivity index is 0.000000169. The summed E-state index contributed by atoms with van der Waals surface area (Å²) < 4.78 is 16.2. The molecule has 2 amide bonds. The van der Waals surface area contributed by atoms with Gasteiger partial charge in [0.1, 0.15) is 0 Å². The van der Waals surface area contributed by atoms with E-state index in [1.165, 1.54) is 4.90 Å². The molecule has 260 valence electrons. The van der Waals surface area contributed by atoms with Gasteiger partial charge in [-0.15, -0.1) is 0 Å². The van der Waals surface area contributed by atoms with Gasteiger partial charge in [-0.2, -0.15) is 0 Å². The van der Waals surface area contributed by atoms with Gasteiger partial charge in [0.2, 0.25) is 5.89 Å². The summed E-state index contributed by atoms with van der Waals surface area (Å²) in [4.78, 5) is 44.2. The van der Waals surface area contributed by atoms with Crippen LogP contribution in [0.15, 0.2) is 131 Å². The number of likely N-dealkylation sites (N-methyl/N-ethyl adjacent to an activating group) is 1. The molecular weight excluding hydrogens is 701 g/mol.